The minimum atomic E-state index is 1.20. The van der Waals surface area contributed by atoms with Crippen molar-refractivity contribution in [3.63, 3.8) is 0 Å². The van der Waals surface area contributed by atoms with Crippen LogP contribution in [0, 0.1) is 0 Å². The summed E-state index contributed by atoms with van der Waals surface area (Å²) < 4.78 is 0. The summed E-state index contributed by atoms with van der Waals surface area (Å²) in [6, 6.07) is 19.0. The smallest absolute Gasteiger partial charge is 0.0361 e. The molecule has 0 aliphatic carbocycles. The van der Waals surface area contributed by atoms with Gasteiger partial charge in [0.05, 0.1) is 0 Å². The highest BCUT2D eigenvalue weighted by atomic mass is 15.1. The zero-order valence-corrected chi connectivity index (χ0v) is 11.5. The van der Waals surface area contributed by atoms with Crippen LogP contribution in [0.3, 0.4) is 0 Å². The van der Waals surface area contributed by atoms with Crippen molar-refractivity contribution in [1.82, 2.24) is 0 Å². The van der Waals surface area contributed by atoms with Gasteiger partial charge in [-0.25, -0.2) is 0 Å². The third-order valence-corrected chi connectivity index (χ3v) is 3.06. The second kappa shape index (κ2) is 6.05. The summed E-state index contributed by atoms with van der Waals surface area (Å²) in [5.41, 5.74) is 4.81. The second-order valence-corrected chi connectivity index (χ2v) is 4.62. The van der Waals surface area contributed by atoms with E-state index in [-0.39, 0.29) is 0 Å². The Balaban J connectivity index is 2.41. The number of benzene rings is 2. The average molecular weight is 249 g/mol. The van der Waals surface area contributed by atoms with Crippen molar-refractivity contribution in [2.75, 3.05) is 19.0 Å². The Bertz CT molecular complexity index is 562. The zero-order chi connectivity index (χ0) is 13.7. The van der Waals surface area contributed by atoms with Gasteiger partial charge in [-0.1, -0.05) is 61.2 Å². The van der Waals surface area contributed by atoms with E-state index in [0.29, 0.717) is 0 Å². The summed E-state index contributed by atoms with van der Waals surface area (Å²) in [7, 11) is 4.10. The topological polar surface area (TPSA) is 3.24 Å². The summed E-state index contributed by atoms with van der Waals surface area (Å²) in [4.78, 5) is 2.10. The maximum atomic E-state index is 3.81. The molecule has 0 heterocycles. The first-order valence-corrected chi connectivity index (χ1v) is 6.38. The van der Waals surface area contributed by atoms with Gasteiger partial charge in [0.1, 0.15) is 0 Å². The number of rotatable bonds is 4. The van der Waals surface area contributed by atoms with E-state index >= 15 is 0 Å². The van der Waals surface area contributed by atoms with Crippen LogP contribution in [-0.4, -0.2) is 14.1 Å². The van der Waals surface area contributed by atoms with Gasteiger partial charge < -0.3 is 4.90 Å². The van der Waals surface area contributed by atoms with E-state index in [4.69, 9.17) is 0 Å². The number of nitrogens with zero attached hydrogens (tertiary/aromatic N) is 1. The predicted octanol–water partition coefficient (Wildman–Crippen LogP) is 4.37. The Morgan fingerprint density at radius 2 is 1.47 bits per heavy atom. The van der Waals surface area contributed by atoms with E-state index in [9.17, 15) is 0 Å². The van der Waals surface area contributed by atoms with Crippen LogP contribution < -0.4 is 4.90 Å². The third-order valence-electron chi connectivity index (χ3n) is 3.06. The molecule has 0 N–H and O–H groups in total. The highest BCUT2D eigenvalue weighted by molar-refractivity contribution is 5.81. The van der Waals surface area contributed by atoms with Crippen LogP contribution >= 0.6 is 0 Å². The van der Waals surface area contributed by atoms with Crippen LogP contribution in [0.25, 0.3) is 5.57 Å². The molecule has 2 aromatic rings. The quantitative estimate of drug-likeness (QED) is 0.727. The molecule has 96 valence electrons. The lowest BCUT2D eigenvalue weighted by molar-refractivity contribution is 1.13. The Hall–Kier alpha value is -2.28. The molecule has 0 spiro atoms. The minimum Gasteiger partial charge on any atom is -0.378 e. The van der Waals surface area contributed by atoms with Gasteiger partial charge in [0.2, 0.25) is 0 Å². The fraction of sp³-hybridized carbons (Fsp3) is 0.111. The van der Waals surface area contributed by atoms with Gasteiger partial charge in [0.25, 0.3) is 0 Å². The molecule has 0 aromatic heterocycles. The molecule has 1 heteroatoms. The van der Waals surface area contributed by atoms with Gasteiger partial charge >= 0.3 is 0 Å². The van der Waals surface area contributed by atoms with Gasteiger partial charge in [-0.3, -0.25) is 0 Å². The molecule has 0 saturated carbocycles. The summed E-state index contributed by atoms with van der Waals surface area (Å²) in [6.07, 6.45) is 3.89. The molecule has 0 amide bonds. The zero-order valence-electron chi connectivity index (χ0n) is 11.5. The van der Waals surface area contributed by atoms with Crippen LogP contribution in [0.4, 0.5) is 5.69 Å². The van der Waals surface area contributed by atoms with E-state index in [1.54, 1.807) is 0 Å². The fourth-order valence-corrected chi connectivity index (χ4v) is 2.03. The van der Waals surface area contributed by atoms with Crippen molar-refractivity contribution in [3.8, 4) is 0 Å². The van der Waals surface area contributed by atoms with Crippen molar-refractivity contribution in [2.24, 2.45) is 0 Å². The summed E-state index contributed by atoms with van der Waals surface area (Å²) in [6.45, 7) is 3.81. The summed E-state index contributed by atoms with van der Waals surface area (Å²) >= 11 is 0. The van der Waals surface area contributed by atoms with Crippen LogP contribution in [0.15, 0.2) is 73.3 Å². The number of hydrogen-bond acceptors (Lipinski definition) is 1. The van der Waals surface area contributed by atoms with Crippen molar-refractivity contribution in [2.45, 2.75) is 0 Å². The number of allylic oxidation sites excluding steroid dienone is 2. The normalized spacial score (nSPS) is 11.2. The van der Waals surface area contributed by atoms with E-state index in [2.05, 4.69) is 66.1 Å². The molecule has 2 rings (SSSR count). The van der Waals surface area contributed by atoms with Crippen molar-refractivity contribution in [1.29, 1.82) is 0 Å². The standard InChI is InChI=1S/C18H19N/c1-4-8-18(15-9-6-5-7-10-15)16-11-13-17(14-12-16)19(2)3/h4-14H,1H2,2-3H3. The molecular formula is C18H19N. The number of anilines is 1. The molecule has 0 radical (unpaired) electrons. The van der Waals surface area contributed by atoms with Crippen molar-refractivity contribution in [3.05, 3.63) is 84.5 Å². The lowest BCUT2D eigenvalue weighted by atomic mass is 9.97. The highest BCUT2D eigenvalue weighted by Crippen LogP contribution is 2.25. The molecule has 0 bridgehead atoms. The van der Waals surface area contributed by atoms with Crippen LogP contribution in [0.1, 0.15) is 11.1 Å². The maximum absolute atomic E-state index is 3.81. The fourth-order valence-electron chi connectivity index (χ4n) is 2.03. The van der Waals surface area contributed by atoms with Crippen LogP contribution in [0.2, 0.25) is 0 Å². The lowest BCUT2D eigenvalue weighted by Crippen LogP contribution is -2.08. The number of hydrogen-bond donors (Lipinski definition) is 0. The Kier molecular flexibility index (Phi) is 4.19. The first-order chi connectivity index (χ1) is 9.22. The monoisotopic (exact) mass is 249 g/mol. The highest BCUT2D eigenvalue weighted by Gasteiger charge is 2.04. The van der Waals surface area contributed by atoms with Crippen molar-refractivity contribution >= 4 is 11.3 Å². The van der Waals surface area contributed by atoms with Gasteiger partial charge in [0, 0.05) is 19.8 Å². The van der Waals surface area contributed by atoms with Crippen molar-refractivity contribution < 1.29 is 0 Å². The molecule has 19 heavy (non-hydrogen) atoms. The minimum absolute atomic E-state index is 1.20. The largest absolute Gasteiger partial charge is 0.378 e. The van der Waals surface area contributed by atoms with Gasteiger partial charge in [-0.2, -0.15) is 0 Å². The van der Waals surface area contributed by atoms with E-state index in [0.717, 1.165) is 0 Å². The lowest BCUT2D eigenvalue weighted by Gasteiger charge is -2.14. The van der Waals surface area contributed by atoms with Gasteiger partial charge in [0.15, 0.2) is 0 Å². The van der Waals surface area contributed by atoms with E-state index in [1.165, 1.54) is 22.4 Å². The SMILES string of the molecule is C=CC=C(c1ccccc1)c1ccc(N(C)C)cc1. The third kappa shape index (κ3) is 3.14. The Labute approximate surface area is 115 Å². The molecule has 1 nitrogen and oxygen atoms in total. The molecule has 0 saturated heterocycles. The molecular weight excluding hydrogens is 230 g/mol. The van der Waals surface area contributed by atoms with E-state index in [1.807, 2.05) is 26.2 Å². The average Bonchev–Trinajstić information content (AvgIpc) is 2.46. The second-order valence-electron chi connectivity index (χ2n) is 4.62. The molecule has 0 aliphatic rings. The summed E-state index contributed by atoms with van der Waals surface area (Å²) in [5, 5.41) is 0. The molecule has 0 fully saturated rings. The van der Waals surface area contributed by atoms with Gasteiger partial charge in [-0.05, 0) is 28.8 Å². The Morgan fingerprint density at radius 1 is 0.895 bits per heavy atom. The molecule has 0 aliphatic heterocycles. The first kappa shape index (κ1) is 13.2. The van der Waals surface area contributed by atoms with Crippen LogP contribution in [0.5, 0.6) is 0 Å². The molecule has 2 aromatic carbocycles. The first-order valence-electron chi connectivity index (χ1n) is 6.38. The maximum Gasteiger partial charge on any atom is 0.0361 e. The molecule has 0 unspecified atom stereocenters. The van der Waals surface area contributed by atoms with Crippen LogP contribution in [-0.2, 0) is 0 Å². The predicted molar refractivity (Wildman–Crippen MR) is 84.5 cm³/mol. The summed E-state index contributed by atoms with van der Waals surface area (Å²) in [5.74, 6) is 0. The molecule has 0 atom stereocenters. The Morgan fingerprint density at radius 3 is 2.00 bits per heavy atom. The van der Waals surface area contributed by atoms with Gasteiger partial charge in [-0.15, -0.1) is 0 Å². The van der Waals surface area contributed by atoms with E-state index < -0.39 is 0 Å².